The normalized spacial score (nSPS) is 21.6. The van der Waals surface area contributed by atoms with E-state index < -0.39 is 0 Å². The number of nitrogens with one attached hydrogen (secondary N) is 1. The Labute approximate surface area is 146 Å². The van der Waals surface area contributed by atoms with Crippen LogP contribution in [0.2, 0.25) is 0 Å². The first-order valence-corrected chi connectivity index (χ1v) is 8.73. The van der Waals surface area contributed by atoms with Gasteiger partial charge < -0.3 is 10.1 Å². The maximum Gasteiger partial charge on any atom is 0.309 e. The van der Waals surface area contributed by atoms with Gasteiger partial charge in [0.2, 0.25) is 0 Å². The number of aromatic nitrogens is 2. The Balaban J connectivity index is 1.45. The predicted molar refractivity (Wildman–Crippen MR) is 92.4 cm³/mol. The molecule has 130 valence electrons. The van der Waals surface area contributed by atoms with Crippen LogP contribution < -0.4 is 5.32 Å². The quantitative estimate of drug-likeness (QED) is 0.821. The molecule has 1 aromatic carbocycles. The minimum atomic E-state index is -0.346. The Morgan fingerprint density at radius 3 is 2.64 bits per heavy atom. The third kappa shape index (κ3) is 3.57. The highest BCUT2D eigenvalue weighted by Gasteiger charge is 2.40. The molecule has 6 heteroatoms. The minimum Gasteiger partial charge on any atom is -0.455 e. The summed E-state index contributed by atoms with van der Waals surface area (Å²) >= 11 is 0. The molecule has 2 atom stereocenters. The van der Waals surface area contributed by atoms with Crippen LogP contribution in [0.3, 0.4) is 0 Å². The second kappa shape index (κ2) is 6.35. The summed E-state index contributed by atoms with van der Waals surface area (Å²) in [6, 6.07) is 11.6. The molecule has 2 saturated carbocycles. The van der Waals surface area contributed by atoms with Gasteiger partial charge in [-0.25, -0.2) is 4.68 Å². The molecule has 1 heterocycles. The Hall–Kier alpha value is -2.63. The lowest BCUT2D eigenvalue weighted by atomic mass is 10.3. The Morgan fingerprint density at radius 2 is 2.00 bits per heavy atom. The van der Waals surface area contributed by atoms with Crippen molar-refractivity contribution in [3.8, 4) is 5.69 Å². The Morgan fingerprint density at radius 1 is 1.28 bits per heavy atom. The first-order chi connectivity index (χ1) is 12.1. The van der Waals surface area contributed by atoms with E-state index >= 15 is 0 Å². The molecule has 2 aliphatic rings. The smallest absolute Gasteiger partial charge is 0.309 e. The fraction of sp³-hybridized carbons (Fsp3) is 0.421. The van der Waals surface area contributed by atoms with E-state index in [9.17, 15) is 9.59 Å². The standard InChI is InChI=1S/C19H21N3O3/c1-12-9-15(12)19(24)25-11-18(23)20-17-10-16(13-7-8-13)21-22(17)14-5-3-2-4-6-14/h2-6,10,12-13,15H,7-9,11H2,1H3,(H,20,23)/t12-,15+/m1/s1. The van der Waals surface area contributed by atoms with Crippen LogP contribution in [-0.2, 0) is 14.3 Å². The van der Waals surface area contributed by atoms with Crippen LogP contribution in [0.1, 0.15) is 37.8 Å². The van der Waals surface area contributed by atoms with Crippen LogP contribution in [0, 0.1) is 11.8 Å². The number of hydrogen-bond donors (Lipinski definition) is 1. The van der Waals surface area contributed by atoms with Crippen LogP contribution in [-0.4, -0.2) is 28.3 Å². The van der Waals surface area contributed by atoms with Gasteiger partial charge in [-0.2, -0.15) is 5.10 Å². The van der Waals surface area contributed by atoms with Crippen LogP contribution in [0.15, 0.2) is 36.4 Å². The number of esters is 1. The van der Waals surface area contributed by atoms with Gasteiger partial charge >= 0.3 is 5.97 Å². The number of ether oxygens (including phenoxy) is 1. The number of amides is 1. The SMILES string of the molecule is C[C@@H]1C[C@@H]1C(=O)OCC(=O)Nc1cc(C2CC2)nn1-c1ccccc1. The molecule has 6 nitrogen and oxygen atoms in total. The van der Waals surface area contributed by atoms with Crippen LogP contribution in [0.5, 0.6) is 0 Å². The molecule has 1 N–H and O–H groups in total. The monoisotopic (exact) mass is 339 g/mol. The summed E-state index contributed by atoms with van der Waals surface area (Å²) in [5.74, 6) is 0.794. The maximum absolute atomic E-state index is 12.2. The molecule has 1 aromatic heterocycles. The largest absolute Gasteiger partial charge is 0.455 e. The lowest BCUT2D eigenvalue weighted by Crippen LogP contribution is -2.23. The van der Waals surface area contributed by atoms with Crippen molar-refractivity contribution in [3.05, 3.63) is 42.1 Å². The summed E-state index contributed by atoms with van der Waals surface area (Å²) < 4.78 is 6.83. The summed E-state index contributed by atoms with van der Waals surface area (Å²) in [7, 11) is 0. The number of nitrogens with zero attached hydrogens (tertiary/aromatic N) is 2. The van der Waals surface area contributed by atoms with Gasteiger partial charge in [0.25, 0.3) is 5.91 Å². The fourth-order valence-electron chi connectivity index (χ4n) is 2.91. The fourth-order valence-corrected chi connectivity index (χ4v) is 2.91. The van der Waals surface area contributed by atoms with Gasteiger partial charge in [-0.1, -0.05) is 25.1 Å². The van der Waals surface area contributed by atoms with E-state index in [1.54, 1.807) is 4.68 Å². The average Bonchev–Trinajstić information content (AvgIpc) is 3.54. The molecule has 25 heavy (non-hydrogen) atoms. The summed E-state index contributed by atoms with van der Waals surface area (Å²) in [5.41, 5.74) is 1.87. The third-order valence-corrected chi connectivity index (χ3v) is 4.75. The molecule has 0 bridgehead atoms. The summed E-state index contributed by atoms with van der Waals surface area (Å²) in [4.78, 5) is 23.9. The molecular formula is C19H21N3O3. The lowest BCUT2D eigenvalue weighted by Gasteiger charge is -2.09. The van der Waals surface area contributed by atoms with Gasteiger partial charge in [0.1, 0.15) is 5.82 Å². The number of benzene rings is 1. The van der Waals surface area contributed by atoms with Crippen molar-refractivity contribution < 1.29 is 14.3 Å². The van der Waals surface area contributed by atoms with Crippen molar-refractivity contribution in [2.45, 2.75) is 32.1 Å². The summed E-state index contributed by atoms with van der Waals surface area (Å²) in [6.45, 7) is 1.74. The summed E-state index contributed by atoms with van der Waals surface area (Å²) in [5, 5.41) is 7.46. The van der Waals surface area contributed by atoms with Gasteiger partial charge in [-0.3, -0.25) is 9.59 Å². The molecule has 0 radical (unpaired) electrons. The molecule has 1 amide bonds. The Kier molecular flexibility index (Phi) is 4.03. The van der Waals surface area contributed by atoms with E-state index in [1.165, 1.54) is 0 Å². The van der Waals surface area contributed by atoms with E-state index in [0.717, 1.165) is 30.6 Å². The molecule has 2 aliphatic carbocycles. The van der Waals surface area contributed by atoms with Crippen molar-refractivity contribution in [1.29, 1.82) is 0 Å². The van der Waals surface area contributed by atoms with Crippen LogP contribution in [0.4, 0.5) is 5.82 Å². The summed E-state index contributed by atoms with van der Waals surface area (Å²) in [6.07, 6.45) is 3.12. The van der Waals surface area contributed by atoms with Gasteiger partial charge in [0.15, 0.2) is 6.61 Å². The number of hydrogen-bond acceptors (Lipinski definition) is 4. The van der Waals surface area contributed by atoms with E-state index in [4.69, 9.17) is 4.74 Å². The first-order valence-electron chi connectivity index (χ1n) is 8.73. The van der Waals surface area contributed by atoms with E-state index in [2.05, 4.69) is 10.4 Å². The predicted octanol–water partition coefficient (Wildman–Crippen LogP) is 2.89. The van der Waals surface area contributed by atoms with Gasteiger partial charge in [-0.15, -0.1) is 0 Å². The molecule has 0 spiro atoms. The lowest BCUT2D eigenvalue weighted by molar-refractivity contribution is -0.148. The number of para-hydroxylation sites is 1. The third-order valence-electron chi connectivity index (χ3n) is 4.75. The van der Waals surface area contributed by atoms with Crippen molar-refractivity contribution >= 4 is 17.7 Å². The van der Waals surface area contributed by atoms with Crippen molar-refractivity contribution in [1.82, 2.24) is 9.78 Å². The van der Waals surface area contributed by atoms with E-state index in [0.29, 0.717) is 17.7 Å². The molecule has 0 saturated heterocycles. The minimum absolute atomic E-state index is 0.0379. The molecule has 2 aromatic rings. The second-order valence-electron chi connectivity index (χ2n) is 6.95. The van der Waals surface area contributed by atoms with Gasteiger partial charge in [-0.05, 0) is 37.3 Å². The molecule has 0 unspecified atom stereocenters. The first kappa shape index (κ1) is 15.9. The van der Waals surface area contributed by atoms with Crippen molar-refractivity contribution in [3.63, 3.8) is 0 Å². The van der Waals surface area contributed by atoms with Crippen molar-refractivity contribution in [2.24, 2.45) is 11.8 Å². The number of rotatable bonds is 6. The number of anilines is 1. The molecular weight excluding hydrogens is 318 g/mol. The van der Waals surface area contributed by atoms with Gasteiger partial charge in [0.05, 0.1) is 17.3 Å². The maximum atomic E-state index is 12.2. The molecule has 0 aliphatic heterocycles. The van der Waals surface area contributed by atoms with Crippen LogP contribution in [0.25, 0.3) is 5.69 Å². The molecule has 2 fully saturated rings. The highest BCUT2D eigenvalue weighted by atomic mass is 16.5. The average molecular weight is 339 g/mol. The van der Waals surface area contributed by atoms with Crippen LogP contribution >= 0.6 is 0 Å². The molecule has 4 rings (SSSR count). The zero-order valence-electron chi connectivity index (χ0n) is 14.1. The van der Waals surface area contributed by atoms with Crippen molar-refractivity contribution in [2.75, 3.05) is 11.9 Å². The Bertz CT molecular complexity index is 796. The van der Waals surface area contributed by atoms with E-state index in [1.807, 2.05) is 43.3 Å². The van der Waals surface area contributed by atoms with E-state index in [-0.39, 0.29) is 24.4 Å². The zero-order valence-corrected chi connectivity index (χ0v) is 14.1. The zero-order chi connectivity index (χ0) is 17.4. The highest BCUT2D eigenvalue weighted by Crippen LogP contribution is 2.40. The number of carbonyl (C=O) groups is 2. The second-order valence-corrected chi connectivity index (χ2v) is 6.95. The number of carbonyl (C=O) groups excluding carboxylic acids is 2. The highest BCUT2D eigenvalue weighted by molar-refractivity contribution is 5.92. The topological polar surface area (TPSA) is 73.2 Å². The van der Waals surface area contributed by atoms with Gasteiger partial charge in [0, 0.05) is 12.0 Å².